The molecule has 0 aromatic heterocycles. The molecule has 0 saturated carbocycles. The molecule has 0 bridgehead atoms. The lowest BCUT2D eigenvalue weighted by atomic mass is 10.0. The first-order valence-electron chi connectivity index (χ1n) is 7.65. The van der Waals surface area contributed by atoms with Gasteiger partial charge in [0, 0.05) is 13.1 Å². The van der Waals surface area contributed by atoms with Crippen LogP contribution in [0.15, 0.2) is 17.0 Å². The predicted octanol–water partition coefficient (Wildman–Crippen LogP) is 3.33. The van der Waals surface area contributed by atoms with Crippen molar-refractivity contribution in [1.82, 2.24) is 4.31 Å². The minimum atomic E-state index is -3.54. The molecule has 4 nitrogen and oxygen atoms in total. The zero-order chi connectivity index (χ0) is 16.2. The third-order valence-corrected chi connectivity index (χ3v) is 6.32. The van der Waals surface area contributed by atoms with E-state index in [1.165, 1.54) is 0 Å². The van der Waals surface area contributed by atoms with Crippen molar-refractivity contribution < 1.29 is 8.42 Å². The highest BCUT2D eigenvalue weighted by Gasteiger charge is 2.29. The average Bonchev–Trinajstić information content (AvgIpc) is 2.44. The van der Waals surface area contributed by atoms with Crippen molar-refractivity contribution in [2.24, 2.45) is 5.92 Å². The molecule has 0 fully saturated rings. The fourth-order valence-electron chi connectivity index (χ4n) is 2.51. The second kappa shape index (κ2) is 7.27. The van der Waals surface area contributed by atoms with Gasteiger partial charge in [-0.25, -0.2) is 8.42 Å². The molecule has 0 unspecified atom stereocenters. The summed E-state index contributed by atoms with van der Waals surface area (Å²) in [5, 5.41) is 0. The standard InChI is InChI=1S/C16H28N2O2S/c1-6-14(7-2)11-18(8-3)21(19,20)16-13(5)10-9-12(4)15(16)17/h9-10,14H,6-8,11,17H2,1-5H3. The smallest absolute Gasteiger partial charge is 0.245 e. The maximum absolute atomic E-state index is 13.0. The molecule has 0 radical (unpaired) electrons. The highest BCUT2D eigenvalue weighted by Crippen LogP contribution is 2.29. The molecule has 5 heteroatoms. The number of anilines is 1. The third kappa shape index (κ3) is 3.77. The van der Waals surface area contributed by atoms with Crippen molar-refractivity contribution in [2.45, 2.75) is 52.4 Å². The van der Waals surface area contributed by atoms with Crippen LogP contribution < -0.4 is 5.73 Å². The zero-order valence-electron chi connectivity index (χ0n) is 13.8. The van der Waals surface area contributed by atoms with Crippen LogP contribution >= 0.6 is 0 Å². The Morgan fingerprint density at radius 1 is 1.10 bits per heavy atom. The quantitative estimate of drug-likeness (QED) is 0.785. The van der Waals surface area contributed by atoms with Crippen LogP contribution in [0.4, 0.5) is 5.69 Å². The Hall–Kier alpha value is -1.07. The Morgan fingerprint density at radius 2 is 1.62 bits per heavy atom. The average molecular weight is 312 g/mol. The third-order valence-electron chi connectivity index (χ3n) is 4.18. The number of hydrogen-bond acceptors (Lipinski definition) is 3. The van der Waals surface area contributed by atoms with Crippen LogP contribution in [0, 0.1) is 19.8 Å². The summed E-state index contributed by atoms with van der Waals surface area (Å²) in [6, 6.07) is 3.68. The summed E-state index contributed by atoms with van der Waals surface area (Å²) < 4.78 is 27.5. The Labute approximate surface area is 129 Å². The van der Waals surface area contributed by atoms with E-state index in [-0.39, 0.29) is 4.90 Å². The van der Waals surface area contributed by atoms with E-state index in [1.807, 2.05) is 26.0 Å². The molecule has 0 amide bonds. The van der Waals surface area contributed by atoms with Gasteiger partial charge < -0.3 is 5.73 Å². The van der Waals surface area contributed by atoms with Gasteiger partial charge in [-0.15, -0.1) is 0 Å². The second-order valence-electron chi connectivity index (χ2n) is 5.58. The second-order valence-corrected chi connectivity index (χ2v) is 7.46. The van der Waals surface area contributed by atoms with Crippen molar-refractivity contribution in [3.05, 3.63) is 23.3 Å². The van der Waals surface area contributed by atoms with Crippen LogP contribution in [0.5, 0.6) is 0 Å². The van der Waals surface area contributed by atoms with E-state index in [1.54, 1.807) is 11.2 Å². The zero-order valence-corrected chi connectivity index (χ0v) is 14.6. The highest BCUT2D eigenvalue weighted by atomic mass is 32.2. The van der Waals surface area contributed by atoms with Crippen LogP contribution in [0.25, 0.3) is 0 Å². The molecule has 21 heavy (non-hydrogen) atoms. The Morgan fingerprint density at radius 3 is 2.10 bits per heavy atom. The molecule has 0 atom stereocenters. The van der Waals surface area contributed by atoms with Crippen molar-refractivity contribution in [1.29, 1.82) is 0 Å². The van der Waals surface area contributed by atoms with Crippen LogP contribution in [-0.2, 0) is 10.0 Å². The molecule has 1 aromatic rings. The van der Waals surface area contributed by atoms with Crippen LogP contribution in [0.1, 0.15) is 44.7 Å². The maximum atomic E-state index is 13.0. The molecule has 0 saturated heterocycles. The van der Waals surface area contributed by atoms with Gasteiger partial charge in [0.25, 0.3) is 0 Å². The number of nitrogens with two attached hydrogens (primary N) is 1. The monoisotopic (exact) mass is 312 g/mol. The lowest BCUT2D eigenvalue weighted by Gasteiger charge is -2.26. The lowest BCUT2D eigenvalue weighted by Crippen LogP contribution is -2.36. The Balaban J connectivity index is 3.29. The minimum Gasteiger partial charge on any atom is -0.397 e. The van der Waals surface area contributed by atoms with Crippen LogP contribution in [0.3, 0.4) is 0 Å². The predicted molar refractivity (Wildman–Crippen MR) is 88.8 cm³/mol. The topological polar surface area (TPSA) is 63.4 Å². The van der Waals surface area contributed by atoms with E-state index in [0.29, 0.717) is 30.3 Å². The summed E-state index contributed by atoms with van der Waals surface area (Å²) in [4.78, 5) is 0.273. The normalized spacial score (nSPS) is 12.3. The molecular weight excluding hydrogens is 284 g/mol. The summed E-state index contributed by atoms with van der Waals surface area (Å²) in [6.07, 6.45) is 1.95. The first-order valence-corrected chi connectivity index (χ1v) is 9.09. The molecule has 0 heterocycles. The fourth-order valence-corrected chi connectivity index (χ4v) is 4.43. The Bertz CT molecular complexity index is 578. The van der Waals surface area contributed by atoms with Crippen molar-refractivity contribution in [3.63, 3.8) is 0 Å². The molecule has 1 aromatic carbocycles. The van der Waals surface area contributed by atoms with E-state index >= 15 is 0 Å². The first-order chi connectivity index (χ1) is 9.79. The fraction of sp³-hybridized carbons (Fsp3) is 0.625. The number of benzene rings is 1. The largest absolute Gasteiger partial charge is 0.397 e. The van der Waals surface area contributed by atoms with Crippen molar-refractivity contribution in [2.75, 3.05) is 18.8 Å². The van der Waals surface area contributed by atoms with E-state index in [4.69, 9.17) is 5.73 Å². The molecule has 0 spiro atoms. The van der Waals surface area contributed by atoms with Gasteiger partial charge in [-0.3, -0.25) is 0 Å². The summed E-state index contributed by atoms with van der Waals surface area (Å²) >= 11 is 0. The number of rotatable bonds is 7. The Kier molecular flexibility index (Phi) is 6.23. The molecule has 0 aliphatic carbocycles. The maximum Gasteiger partial charge on any atom is 0.245 e. The molecule has 2 N–H and O–H groups in total. The highest BCUT2D eigenvalue weighted by molar-refractivity contribution is 7.89. The van der Waals surface area contributed by atoms with E-state index in [2.05, 4.69) is 13.8 Å². The number of nitrogen functional groups attached to an aromatic ring is 1. The van der Waals surface area contributed by atoms with E-state index in [0.717, 1.165) is 18.4 Å². The van der Waals surface area contributed by atoms with Crippen molar-refractivity contribution in [3.8, 4) is 0 Å². The van der Waals surface area contributed by atoms with Gasteiger partial charge in [-0.2, -0.15) is 4.31 Å². The van der Waals surface area contributed by atoms with Gasteiger partial charge in [0.05, 0.1) is 5.69 Å². The number of nitrogens with zero attached hydrogens (tertiary/aromatic N) is 1. The number of aryl methyl sites for hydroxylation is 2. The summed E-state index contributed by atoms with van der Waals surface area (Å²) in [5.41, 5.74) is 7.94. The summed E-state index contributed by atoms with van der Waals surface area (Å²) in [7, 11) is -3.54. The van der Waals surface area contributed by atoms with Gasteiger partial charge in [0.1, 0.15) is 4.90 Å². The molecule has 0 aliphatic rings. The van der Waals surface area contributed by atoms with Gasteiger partial charge in [-0.1, -0.05) is 45.7 Å². The number of hydrogen-bond donors (Lipinski definition) is 1. The van der Waals surface area contributed by atoms with Crippen LogP contribution in [0.2, 0.25) is 0 Å². The van der Waals surface area contributed by atoms with Gasteiger partial charge in [0.15, 0.2) is 0 Å². The molecule has 1 rings (SSSR count). The number of sulfonamides is 1. The molecule has 120 valence electrons. The molecular formula is C16H28N2O2S. The lowest BCUT2D eigenvalue weighted by molar-refractivity contribution is 0.339. The van der Waals surface area contributed by atoms with E-state index in [9.17, 15) is 8.42 Å². The molecule has 0 aliphatic heterocycles. The van der Waals surface area contributed by atoms with Gasteiger partial charge >= 0.3 is 0 Å². The summed E-state index contributed by atoms with van der Waals surface area (Å²) in [6.45, 7) is 10.7. The first kappa shape index (κ1) is 18.0. The van der Waals surface area contributed by atoms with Gasteiger partial charge in [0.2, 0.25) is 10.0 Å². The minimum absolute atomic E-state index is 0.273. The SMILES string of the molecule is CCC(CC)CN(CC)S(=O)(=O)c1c(C)ccc(C)c1N. The van der Waals surface area contributed by atoms with Crippen LogP contribution in [-0.4, -0.2) is 25.8 Å². The summed E-state index contributed by atoms with van der Waals surface area (Å²) in [5.74, 6) is 0.381. The van der Waals surface area contributed by atoms with Crippen molar-refractivity contribution >= 4 is 15.7 Å². The van der Waals surface area contributed by atoms with Gasteiger partial charge in [-0.05, 0) is 30.9 Å². The van der Waals surface area contributed by atoms with E-state index < -0.39 is 10.0 Å².